The average Bonchev–Trinajstić information content (AvgIpc) is 3.31. The zero-order valence-electron chi connectivity index (χ0n) is 18.0. The first-order valence-corrected chi connectivity index (χ1v) is 10.8. The Morgan fingerprint density at radius 2 is 2.10 bits per heavy atom. The fraction of sp³-hybridized carbons (Fsp3) is 0.522. The summed E-state index contributed by atoms with van der Waals surface area (Å²) in [5, 5.41) is 20.9. The van der Waals surface area contributed by atoms with Gasteiger partial charge in [-0.15, -0.1) is 0 Å². The van der Waals surface area contributed by atoms with Crippen molar-refractivity contribution in [1.82, 2.24) is 4.90 Å². The summed E-state index contributed by atoms with van der Waals surface area (Å²) >= 11 is 0. The average molecular weight is 428 g/mol. The number of hydrogen-bond acceptors (Lipinski definition) is 5. The van der Waals surface area contributed by atoms with Crippen LogP contribution in [0, 0.1) is 5.92 Å². The highest BCUT2D eigenvalue weighted by Crippen LogP contribution is 2.46. The minimum Gasteiger partial charge on any atom is -0.394 e. The molecule has 2 fully saturated rings. The second-order valence-corrected chi connectivity index (χ2v) is 8.61. The van der Waals surface area contributed by atoms with E-state index in [-0.39, 0.29) is 30.9 Å². The maximum atomic E-state index is 13.0. The highest BCUT2D eigenvalue weighted by atomic mass is 16.3. The van der Waals surface area contributed by atoms with E-state index in [0.717, 1.165) is 12.8 Å². The molecule has 166 valence electrons. The van der Waals surface area contributed by atoms with Gasteiger partial charge in [0.2, 0.25) is 11.8 Å². The Kier molecular flexibility index (Phi) is 5.61. The molecule has 2 saturated heterocycles. The molecule has 0 radical (unpaired) electrons. The second-order valence-electron chi connectivity index (χ2n) is 8.61. The van der Waals surface area contributed by atoms with E-state index >= 15 is 0 Å². The molecular formula is C23H29N3O5. The molecule has 8 heteroatoms. The van der Waals surface area contributed by atoms with E-state index in [1.165, 1.54) is 4.90 Å². The van der Waals surface area contributed by atoms with Gasteiger partial charge >= 0.3 is 0 Å². The zero-order valence-corrected chi connectivity index (χ0v) is 18.0. The van der Waals surface area contributed by atoms with E-state index in [9.17, 15) is 24.6 Å². The third kappa shape index (κ3) is 3.43. The van der Waals surface area contributed by atoms with Crippen LogP contribution >= 0.6 is 0 Å². The van der Waals surface area contributed by atoms with Crippen LogP contribution in [-0.2, 0) is 20.0 Å². The van der Waals surface area contributed by atoms with Crippen molar-refractivity contribution >= 4 is 29.1 Å². The van der Waals surface area contributed by atoms with Crippen LogP contribution in [0.25, 0.3) is 0 Å². The number of rotatable bonds is 6. The molecule has 0 saturated carbocycles. The predicted octanol–water partition coefficient (Wildman–Crippen LogP) is 1.15. The summed E-state index contributed by atoms with van der Waals surface area (Å²) in [7, 11) is 1.62. The Hall–Kier alpha value is -2.71. The van der Waals surface area contributed by atoms with E-state index in [1.807, 2.05) is 0 Å². The highest BCUT2D eigenvalue weighted by molar-refractivity contribution is 6.08. The number of anilines is 2. The smallest absolute Gasteiger partial charge is 0.264 e. The largest absolute Gasteiger partial charge is 0.394 e. The molecule has 0 unspecified atom stereocenters. The quantitative estimate of drug-likeness (QED) is 0.524. The van der Waals surface area contributed by atoms with Crippen LogP contribution in [0.5, 0.6) is 0 Å². The van der Waals surface area contributed by atoms with Crippen LogP contribution in [0.2, 0.25) is 0 Å². The topological polar surface area (TPSA) is 101 Å². The van der Waals surface area contributed by atoms with Gasteiger partial charge in [0.25, 0.3) is 5.91 Å². The van der Waals surface area contributed by atoms with Gasteiger partial charge in [0.15, 0.2) is 5.60 Å². The Balaban J connectivity index is 1.53. The Morgan fingerprint density at radius 3 is 2.74 bits per heavy atom. The van der Waals surface area contributed by atoms with E-state index in [0.29, 0.717) is 36.4 Å². The molecule has 1 aromatic rings. The molecular weight excluding hydrogens is 398 g/mol. The third-order valence-electron chi connectivity index (χ3n) is 6.83. The van der Waals surface area contributed by atoms with Gasteiger partial charge in [-0.1, -0.05) is 19.1 Å². The van der Waals surface area contributed by atoms with E-state index in [4.69, 9.17) is 0 Å². The normalized spacial score (nSPS) is 26.6. The number of likely N-dealkylation sites (N-methyl/N-ethyl adjacent to an activating group) is 1. The molecule has 0 aliphatic carbocycles. The van der Waals surface area contributed by atoms with Crippen molar-refractivity contribution in [3.8, 4) is 0 Å². The molecule has 3 atom stereocenters. The third-order valence-corrected chi connectivity index (χ3v) is 6.83. The fourth-order valence-electron chi connectivity index (χ4n) is 4.78. The Morgan fingerprint density at radius 1 is 1.32 bits per heavy atom. The summed E-state index contributed by atoms with van der Waals surface area (Å²) in [5.74, 6) is -1.06. The minimum absolute atomic E-state index is 0.0238. The molecule has 4 rings (SSSR count). The van der Waals surface area contributed by atoms with Gasteiger partial charge in [0.1, 0.15) is 0 Å². The van der Waals surface area contributed by atoms with Gasteiger partial charge in [-0.05, 0) is 31.0 Å². The number of β-lactam (4-membered cyclic amide) rings is 1. The zero-order chi connectivity index (χ0) is 22.3. The summed E-state index contributed by atoms with van der Waals surface area (Å²) in [5.41, 5.74) is -0.00890. The van der Waals surface area contributed by atoms with Crippen molar-refractivity contribution in [3.63, 3.8) is 0 Å². The van der Waals surface area contributed by atoms with E-state index in [2.05, 4.69) is 0 Å². The Bertz CT molecular complexity index is 945. The molecule has 0 spiro atoms. The highest BCUT2D eigenvalue weighted by Gasteiger charge is 2.51. The molecule has 3 heterocycles. The van der Waals surface area contributed by atoms with Crippen LogP contribution in [0.4, 0.5) is 11.4 Å². The number of amides is 3. The first-order valence-electron chi connectivity index (χ1n) is 10.8. The van der Waals surface area contributed by atoms with Crippen molar-refractivity contribution in [2.45, 2.75) is 44.2 Å². The predicted molar refractivity (Wildman–Crippen MR) is 115 cm³/mol. The second kappa shape index (κ2) is 8.09. The van der Waals surface area contributed by atoms with Crippen LogP contribution in [0.1, 0.15) is 38.2 Å². The summed E-state index contributed by atoms with van der Waals surface area (Å²) in [6.07, 6.45) is 5.73. The van der Waals surface area contributed by atoms with Gasteiger partial charge < -0.3 is 24.9 Å². The van der Waals surface area contributed by atoms with Gasteiger partial charge in [-0.3, -0.25) is 14.4 Å². The number of benzene rings is 1. The van der Waals surface area contributed by atoms with Gasteiger partial charge in [0, 0.05) is 50.1 Å². The van der Waals surface area contributed by atoms with Crippen molar-refractivity contribution in [1.29, 1.82) is 0 Å². The maximum Gasteiger partial charge on any atom is 0.264 e. The molecule has 3 amide bonds. The molecule has 3 aliphatic rings. The first kappa shape index (κ1) is 21.5. The van der Waals surface area contributed by atoms with Crippen LogP contribution in [0.15, 0.2) is 30.4 Å². The van der Waals surface area contributed by atoms with E-state index < -0.39 is 17.4 Å². The maximum absolute atomic E-state index is 13.0. The van der Waals surface area contributed by atoms with Gasteiger partial charge in [-0.25, -0.2) is 0 Å². The molecule has 3 aliphatic heterocycles. The molecule has 0 aromatic heterocycles. The van der Waals surface area contributed by atoms with Crippen molar-refractivity contribution in [2.24, 2.45) is 5.92 Å². The number of hydrogen-bond donors (Lipinski definition) is 2. The summed E-state index contributed by atoms with van der Waals surface area (Å²) < 4.78 is 0. The molecule has 1 aromatic carbocycles. The summed E-state index contributed by atoms with van der Waals surface area (Å²) in [6, 6.07) is 5.15. The lowest BCUT2D eigenvalue weighted by Gasteiger charge is -2.32. The van der Waals surface area contributed by atoms with Crippen molar-refractivity contribution in [3.05, 3.63) is 35.9 Å². The number of nitrogens with zero attached hydrogens (tertiary/aromatic N) is 3. The number of carbonyl (C=O) groups is 3. The number of fused-ring (bicyclic) bond motifs is 1. The van der Waals surface area contributed by atoms with E-state index in [1.54, 1.807) is 54.1 Å². The monoisotopic (exact) mass is 427 g/mol. The molecule has 8 nitrogen and oxygen atoms in total. The lowest BCUT2D eigenvalue weighted by molar-refractivity contribution is -0.139. The Labute approximate surface area is 181 Å². The van der Waals surface area contributed by atoms with Gasteiger partial charge in [0.05, 0.1) is 18.3 Å². The SMILES string of the molecule is C[C@H](/C=C/CC(=O)N1CCC[C@H]1CO)[C@@]1(O)C(=O)N(C)c2ccc(N3CCC3=O)cc21. The van der Waals surface area contributed by atoms with Gasteiger partial charge in [-0.2, -0.15) is 0 Å². The van der Waals surface area contributed by atoms with Crippen molar-refractivity contribution < 1.29 is 24.6 Å². The molecule has 2 N–H and O–H groups in total. The standard InChI is InChI=1S/C23H29N3O5/c1-15(5-3-7-20(28)25-11-4-6-17(25)14-27)23(31)18-13-16(26-12-10-21(26)29)8-9-19(18)24(2)22(23)30/h3,5,8-9,13,15,17,27,31H,4,6-7,10-12,14H2,1-2H3/b5-3+/t15-,17+,23+/m1/s1. The molecule has 0 bridgehead atoms. The van der Waals surface area contributed by atoms with Crippen LogP contribution in [-0.4, -0.2) is 65.6 Å². The number of aliphatic hydroxyl groups excluding tert-OH is 1. The van der Waals surface area contributed by atoms with Crippen molar-refractivity contribution in [2.75, 3.05) is 36.5 Å². The number of aliphatic hydroxyl groups is 2. The lowest BCUT2D eigenvalue weighted by Crippen LogP contribution is -2.44. The van der Waals surface area contributed by atoms with Crippen LogP contribution < -0.4 is 9.80 Å². The molecule has 31 heavy (non-hydrogen) atoms. The summed E-state index contributed by atoms with van der Waals surface area (Å²) in [6.45, 7) is 2.98. The fourth-order valence-corrected chi connectivity index (χ4v) is 4.78. The minimum atomic E-state index is -1.77. The first-order chi connectivity index (χ1) is 14.8. The summed E-state index contributed by atoms with van der Waals surface area (Å²) in [4.78, 5) is 42.1. The number of carbonyl (C=O) groups excluding carboxylic acids is 3. The lowest BCUT2D eigenvalue weighted by atomic mass is 9.82. The van der Waals surface area contributed by atoms with Crippen LogP contribution in [0.3, 0.4) is 0 Å². The number of likely N-dealkylation sites (tertiary alicyclic amines) is 1.